The first-order valence-electron chi connectivity index (χ1n) is 3.87. The lowest BCUT2D eigenvalue weighted by Crippen LogP contribution is -2.19. The Morgan fingerprint density at radius 1 is 1.46 bits per heavy atom. The minimum absolute atomic E-state index is 0.153. The zero-order chi connectivity index (χ0) is 10.0. The van der Waals surface area contributed by atoms with Gasteiger partial charge < -0.3 is 16.2 Å². The smallest absolute Gasteiger partial charge is 0.168 e. The first-order valence-corrected chi connectivity index (χ1v) is 4.28. The highest BCUT2D eigenvalue weighted by Crippen LogP contribution is 2.28. The Bertz CT molecular complexity index is 350. The van der Waals surface area contributed by atoms with Crippen LogP contribution in [0.1, 0.15) is 11.1 Å². The number of aromatic hydroxyl groups is 1. The number of anilines is 1. The predicted molar refractivity (Wildman–Crippen MR) is 58.0 cm³/mol. The van der Waals surface area contributed by atoms with Crippen LogP contribution >= 0.6 is 12.2 Å². The van der Waals surface area contributed by atoms with E-state index in [1.807, 2.05) is 19.9 Å². The molecule has 3 nitrogen and oxygen atoms in total. The molecule has 0 saturated heterocycles. The highest BCUT2D eigenvalue weighted by atomic mass is 32.1. The van der Waals surface area contributed by atoms with Crippen LogP contribution in [0.15, 0.2) is 12.1 Å². The molecule has 0 aromatic heterocycles. The second kappa shape index (κ2) is 3.62. The van der Waals surface area contributed by atoms with E-state index in [1.165, 1.54) is 0 Å². The molecule has 13 heavy (non-hydrogen) atoms. The summed E-state index contributed by atoms with van der Waals surface area (Å²) >= 11 is 4.68. The van der Waals surface area contributed by atoms with Gasteiger partial charge in [0, 0.05) is 0 Å². The summed E-state index contributed by atoms with van der Waals surface area (Å²) in [6.45, 7) is 3.77. The summed E-state index contributed by atoms with van der Waals surface area (Å²) in [7, 11) is 0. The predicted octanol–water partition coefficient (Wildman–Crippen LogP) is 1.66. The van der Waals surface area contributed by atoms with Gasteiger partial charge >= 0.3 is 0 Å². The summed E-state index contributed by atoms with van der Waals surface area (Å²) < 4.78 is 0. The van der Waals surface area contributed by atoms with Crippen LogP contribution in [0.25, 0.3) is 0 Å². The van der Waals surface area contributed by atoms with Crippen molar-refractivity contribution in [3.8, 4) is 5.75 Å². The van der Waals surface area contributed by atoms with Gasteiger partial charge in [-0.3, -0.25) is 0 Å². The lowest BCUT2D eigenvalue weighted by molar-refractivity contribution is 0.473. The summed E-state index contributed by atoms with van der Waals surface area (Å²) in [5.74, 6) is 0.193. The quantitative estimate of drug-likeness (QED) is 0.472. The zero-order valence-electron chi connectivity index (χ0n) is 7.59. The van der Waals surface area contributed by atoms with Gasteiger partial charge in [-0.1, -0.05) is 6.07 Å². The van der Waals surface area contributed by atoms with Gasteiger partial charge in [-0.2, -0.15) is 0 Å². The fourth-order valence-corrected chi connectivity index (χ4v) is 1.30. The van der Waals surface area contributed by atoms with Gasteiger partial charge in [-0.15, -0.1) is 0 Å². The Morgan fingerprint density at radius 2 is 2.08 bits per heavy atom. The van der Waals surface area contributed by atoms with E-state index in [2.05, 4.69) is 17.5 Å². The van der Waals surface area contributed by atoms with Crippen LogP contribution in [-0.4, -0.2) is 10.2 Å². The normalized spacial score (nSPS) is 9.69. The second-order valence-electron chi connectivity index (χ2n) is 2.97. The van der Waals surface area contributed by atoms with Crippen LogP contribution in [0, 0.1) is 13.8 Å². The van der Waals surface area contributed by atoms with E-state index in [4.69, 9.17) is 5.73 Å². The number of hydrogen-bond donors (Lipinski definition) is 3. The van der Waals surface area contributed by atoms with Crippen LogP contribution in [-0.2, 0) is 0 Å². The van der Waals surface area contributed by atoms with Crippen LogP contribution < -0.4 is 11.1 Å². The number of aryl methyl sites for hydroxylation is 2. The fourth-order valence-electron chi connectivity index (χ4n) is 1.19. The Hall–Kier alpha value is -1.29. The number of phenols is 1. The molecule has 1 rings (SSSR count). The molecule has 0 atom stereocenters. The van der Waals surface area contributed by atoms with Crippen molar-refractivity contribution in [3.05, 3.63) is 23.3 Å². The molecule has 70 valence electrons. The van der Waals surface area contributed by atoms with Crippen molar-refractivity contribution in [2.24, 2.45) is 5.73 Å². The van der Waals surface area contributed by atoms with Gasteiger partial charge in [0.05, 0.1) is 5.69 Å². The second-order valence-corrected chi connectivity index (χ2v) is 3.41. The topological polar surface area (TPSA) is 58.3 Å². The number of nitrogens with one attached hydrogen (secondary N) is 1. The average Bonchev–Trinajstić information content (AvgIpc) is 1.98. The van der Waals surface area contributed by atoms with Gasteiger partial charge in [0.2, 0.25) is 0 Å². The van der Waals surface area contributed by atoms with Crippen molar-refractivity contribution in [1.82, 2.24) is 0 Å². The van der Waals surface area contributed by atoms with E-state index in [9.17, 15) is 5.11 Å². The molecule has 0 bridgehead atoms. The van der Waals surface area contributed by atoms with Crippen molar-refractivity contribution >= 4 is 23.0 Å². The van der Waals surface area contributed by atoms with Gasteiger partial charge in [-0.05, 0) is 43.3 Å². The van der Waals surface area contributed by atoms with Crippen LogP contribution in [0.5, 0.6) is 5.75 Å². The van der Waals surface area contributed by atoms with Crippen molar-refractivity contribution in [1.29, 1.82) is 0 Å². The molecular formula is C9H12N2OS. The van der Waals surface area contributed by atoms with Crippen LogP contribution in [0.2, 0.25) is 0 Å². The molecule has 0 fully saturated rings. The molecule has 4 heteroatoms. The van der Waals surface area contributed by atoms with E-state index in [0.717, 1.165) is 11.1 Å². The number of benzene rings is 1. The number of hydrogen-bond acceptors (Lipinski definition) is 2. The standard InChI is InChI=1S/C9H12N2OS/c1-5-3-6(2)8(12)7(4-5)11-9(10)13/h3-4,12H,1-2H3,(H3,10,11,13). The van der Waals surface area contributed by atoms with Crippen LogP contribution in [0.3, 0.4) is 0 Å². The molecule has 0 spiro atoms. The fraction of sp³-hybridized carbons (Fsp3) is 0.222. The molecule has 0 aliphatic carbocycles. The average molecular weight is 196 g/mol. The minimum Gasteiger partial charge on any atom is -0.505 e. The molecule has 0 unspecified atom stereocenters. The molecule has 0 heterocycles. The zero-order valence-corrected chi connectivity index (χ0v) is 8.40. The number of nitrogens with two attached hydrogens (primary N) is 1. The van der Waals surface area contributed by atoms with Crippen molar-refractivity contribution < 1.29 is 5.11 Å². The van der Waals surface area contributed by atoms with Gasteiger partial charge in [0.1, 0.15) is 5.75 Å². The number of phenolic OH excluding ortho intramolecular Hbond substituents is 1. The summed E-state index contributed by atoms with van der Waals surface area (Å²) in [6.07, 6.45) is 0. The maximum absolute atomic E-state index is 9.59. The maximum Gasteiger partial charge on any atom is 0.168 e. The van der Waals surface area contributed by atoms with Gasteiger partial charge in [0.15, 0.2) is 5.11 Å². The van der Waals surface area contributed by atoms with Gasteiger partial charge in [0.25, 0.3) is 0 Å². The molecule has 0 aliphatic rings. The van der Waals surface area contributed by atoms with Crippen molar-refractivity contribution in [2.75, 3.05) is 5.32 Å². The molecular weight excluding hydrogens is 184 g/mol. The summed E-state index contributed by atoms with van der Waals surface area (Å²) in [4.78, 5) is 0. The van der Waals surface area contributed by atoms with Gasteiger partial charge in [-0.25, -0.2) is 0 Å². The monoisotopic (exact) mass is 196 g/mol. The maximum atomic E-state index is 9.59. The van der Waals surface area contributed by atoms with Crippen molar-refractivity contribution in [3.63, 3.8) is 0 Å². The molecule has 0 saturated carbocycles. The molecule has 0 radical (unpaired) electrons. The number of thiocarbonyl (C=S) groups is 1. The molecule has 4 N–H and O–H groups in total. The molecule has 1 aromatic rings. The number of rotatable bonds is 1. The molecule has 1 aromatic carbocycles. The van der Waals surface area contributed by atoms with E-state index in [0.29, 0.717) is 5.69 Å². The first kappa shape index (κ1) is 9.80. The highest BCUT2D eigenvalue weighted by molar-refractivity contribution is 7.80. The molecule has 0 aliphatic heterocycles. The van der Waals surface area contributed by atoms with E-state index in [1.54, 1.807) is 6.07 Å². The Morgan fingerprint density at radius 3 is 2.62 bits per heavy atom. The van der Waals surface area contributed by atoms with Crippen LogP contribution in [0.4, 0.5) is 5.69 Å². The largest absolute Gasteiger partial charge is 0.505 e. The summed E-state index contributed by atoms with van der Waals surface area (Å²) in [5.41, 5.74) is 7.72. The SMILES string of the molecule is Cc1cc(C)c(O)c(NC(N)=S)c1. The first-order chi connectivity index (χ1) is 6.00. The summed E-state index contributed by atoms with van der Waals surface area (Å²) in [5, 5.41) is 12.5. The third-order valence-corrected chi connectivity index (χ3v) is 1.80. The molecule has 0 amide bonds. The van der Waals surface area contributed by atoms with E-state index >= 15 is 0 Å². The Kier molecular flexibility index (Phi) is 2.72. The Labute approximate surface area is 82.6 Å². The highest BCUT2D eigenvalue weighted by Gasteiger charge is 2.05. The van der Waals surface area contributed by atoms with E-state index in [-0.39, 0.29) is 10.9 Å². The lowest BCUT2D eigenvalue weighted by Gasteiger charge is -2.09. The Balaban J connectivity index is 3.12. The summed E-state index contributed by atoms with van der Waals surface area (Å²) in [6, 6.07) is 3.68. The minimum atomic E-state index is 0.153. The van der Waals surface area contributed by atoms with E-state index < -0.39 is 0 Å². The lowest BCUT2D eigenvalue weighted by atomic mass is 10.1. The van der Waals surface area contributed by atoms with Crippen molar-refractivity contribution in [2.45, 2.75) is 13.8 Å². The third-order valence-electron chi connectivity index (χ3n) is 1.70. The third kappa shape index (κ3) is 2.32.